The van der Waals surface area contributed by atoms with Gasteiger partial charge in [-0.15, -0.1) is 11.8 Å². The average molecular weight is 396 g/mol. The summed E-state index contributed by atoms with van der Waals surface area (Å²) in [5.74, 6) is 0.823. The van der Waals surface area contributed by atoms with Gasteiger partial charge in [0.25, 0.3) is 5.56 Å². The van der Waals surface area contributed by atoms with Crippen molar-refractivity contribution in [2.45, 2.75) is 39.0 Å². The second kappa shape index (κ2) is 9.06. The smallest absolute Gasteiger partial charge is 0.258 e. The molecule has 1 N–H and O–H groups in total. The summed E-state index contributed by atoms with van der Waals surface area (Å²) in [4.78, 5) is 29.0. The zero-order valence-electron chi connectivity index (χ0n) is 16.4. The van der Waals surface area contributed by atoms with Gasteiger partial charge in [-0.2, -0.15) is 0 Å². The highest BCUT2D eigenvalue weighted by Gasteiger charge is 2.10. The summed E-state index contributed by atoms with van der Waals surface area (Å²) in [6, 6.07) is 13.6. The first kappa shape index (κ1) is 20.1. The van der Waals surface area contributed by atoms with Gasteiger partial charge in [-0.1, -0.05) is 37.3 Å². The van der Waals surface area contributed by atoms with Crippen LogP contribution in [0.3, 0.4) is 0 Å². The maximum Gasteiger partial charge on any atom is 0.258 e. The Morgan fingerprint density at radius 2 is 1.96 bits per heavy atom. The molecule has 6 heteroatoms. The Bertz CT molecular complexity index is 1030. The minimum absolute atomic E-state index is 0.0230. The molecule has 0 spiro atoms. The van der Waals surface area contributed by atoms with Gasteiger partial charge in [0.2, 0.25) is 5.91 Å². The number of amides is 1. The second-order valence-corrected chi connectivity index (χ2v) is 7.88. The Kier molecular flexibility index (Phi) is 6.52. The lowest BCUT2D eigenvalue weighted by molar-refractivity contribution is -0.119. The lowest BCUT2D eigenvalue weighted by Crippen LogP contribution is -2.28. The van der Waals surface area contributed by atoms with E-state index < -0.39 is 0 Å². The third-order valence-corrected chi connectivity index (χ3v) is 5.58. The molecule has 0 bridgehead atoms. The van der Waals surface area contributed by atoms with E-state index in [0.29, 0.717) is 22.8 Å². The zero-order valence-corrected chi connectivity index (χ0v) is 17.3. The van der Waals surface area contributed by atoms with Gasteiger partial charge in [-0.3, -0.25) is 14.0 Å². The van der Waals surface area contributed by atoms with Crippen LogP contribution in [0, 0.1) is 6.92 Å². The standard InChI is InChI=1S/C22H25N3O2S/c1-4-17-6-8-18(9-7-17)16(3)23-21(26)14-28-13-19-11-22(27)25-12-15(2)5-10-20(25)24-19/h5-12,16H,4,13-14H2,1-3H3,(H,23,26)/t16-/m1/s1. The minimum Gasteiger partial charge on any atom is -0.349 e. The van der Waals surface area contributed by atoms with Crippen molar-refractivity contribution in [2.75, 3.05) is 5.75 Å². The van der Waals surface area contributed by atoms with E-state index in [4.69, 9.17) is 0 Å². The first-order chi connectivity index (χ1) is 13.5. The number of nitrogens with zero attached hydrogens (tertiary/aromatic N) is 2. The average Bonchev–Trinajstić information content (AvgIpc) is 2.68. The van der Waals surface area contributed by atoms with E-state index in [1.807, 2.05) is 26.0 Å². The van der Waals surface area contributed by atoms with Gasteiger partial charge < -0.3 is 5.32 Å². The molecule has 28 heavy (non-hydrogen) atoms. The van der Waals surface area contributed by atoms with Gasteiger partial charge in [0, 0.05) is 18.0 Å². The maximum atomic E-state index is 12.2. The molecule has 0 radical (unpaired) electrons. The molecule has 0 unspecified atom stereocenters. The summed E-state index contributed by atoms with van der Waals surface area (Å²) >= 11 is 1.46. The zero-order chi connectivity index (χ0) is 20.1. The Balaban J connectivity index is 1.54. The molecular formula is C22H25N3O2S. The normalized spacial score (nSPS) is 12.1. The van der Waals surface area contributed by atoms with Crippen molar-refractivity contribution in [3.8, 4) is 0 Å². The van der Waals surface area contributed by atoms with Crippen molar-refractivity contribution in [1.29, 1.82) is 0 Å². The van der Waals surface area contributed by atoms with Crippen LogP contribution in [0.2, 0.25) is 0 Å². The molecule has 3 rings (SSSR count). The number of rotatable bonds is 7. The number of thioether (sulfide) groups is 1. The number of pyridine rings is 1. The Morgan fingerprint density at radius 3 is 2.68 bits per heavy atom. The molecule has 5 nitrogen and oxygen atoms in total. The van der Waals surface area contributed by atoms with E-state index in [0.717, 1.165) is 17.5 Å². The van der Waals surface area contributed by atoms with Gasteiger partial charge in [0.05, 0.1) is 17.5 Å². The van der Waals surface area contributed by atoms with E-state index in [1.165, 1.54) is 23.4 Å². The Labute approximate surface area is 169 Å². The van der Waals surface area contributed by atoms with Crippen LogP contribution in [0.15, 0.2) is 53.5 Å². The van der Waals surface area contributed by atoms with Crippen LogP contribution in [-0.2, 0) is 17.0 Å². The Hall–Kier alpha value is -2.60. The van der Waals surface area contributed by atoms with Crippen LogP contribution in [0.25, 0.3) is 5.65 Å². The summed E-state index contributed by atoms with van der Waals surface area (Å²) in [7, 11) is 0. The Morgan fingerprint density at radius 1 is 1.21 bits per heavy atom. The first-order valence-corrected chi connectivity index (χ1v) is 10.6. The summed E-state index contributed by atoms with van der Waals surface area (Å²) in [6.45, 7) is 6.04. The summed E-state index contributed by atoms with van der Waals surface area (Å²) < 4.78 is 1.54. The topological polar surface area (TPSA) is 63.5 Å². The van der Waals surface area contributed by atoms with Crippen molar-refractivity contribution in [3.63, 3.8) is 0 Å². The monoisotopic (exact) mass is 395 g/mol. The number of benzene rings is 1. The molecule has 0 aliphatic rings. The number of carbonyl (C=O) groups is 1. The molecule has 0 fully saturated rings. The number of carbonyl (C=O) groups excluding carboxylic acids is 1. The van der Waals surface area contributed by atoms with Gasteiger partial charge in [0.15, 0.2) is 0 Å². The molecule has 0 saturated heterocycles. The molecule has 2 aromatic heterocycles. The maximum absolute atomic E-state index is 12.2. The fourth-order valence-corrected chi connectivity index (χ4v) is 3.72. The first-order valence-electron chi connectivity index (χ1n) is 9.41. The summed E-state index contributed by atoms with van der Waals surface area (Å²) in [5, 5.41) is 3.02. The third-order valence-electron chi connectivity index (χ3n) is 4.61. The highest BCUT2D eigenvalue weighted by atomic mass is 32.2. The van der Waals surface area contributed by atoms with Gasteiger partial charge in [-0.05, 0) is 43.0 Å². The van der Waals surface area contributed by atoms with Crippen molar-refractivity contribution in [2.24, 2.45) is 0 Å². The number of fused-ring (bicyclic) bond motifs is 1. The number of aryl methyl sites for hydroxylation is 2. The fraction of sp³-hybridized carbons (Fsp3) is 0.318. The molecule has 1 aromatic carbocycles. The highest BCUT2D eigenvalue weighted by Crippen LogP contribution is 2.15. The van der Waals surface area contributed by atoms with Gasteiger partial charge >= 0.3 is 0 Å². The molecule has 1 amide bonds. The summed E-state index contributed by atoms with van der Waals surface area (Å²) in [6.07, 6.45) is 2.78. The van der Waals surface area contributed by atoms with Crippen molar-refractivity contribution in [1.82, 2.24) is 14.7 Å². The molecular weight excluding hydrogens is 370 g/mol. The fourth-order valence-electron chi connectivity index (χ4n) is 2.99. The molecule has 0 aliphatic carbocycles. The van der Waals surface area contributed by atoms with E-state index in [2.05, 4.69) is 41.5 Å². The number of hydrogen-bond acceptors (Lipinski definition) is 4. The van der Waals surface area contributed by atoms with Crippen LogP contribution >= 0.6 is 11.8 Å². The van der Waals surface area contributed by atoms with Crippen LogP contribution in [0.1, 0.15) is 42.3 Å². The summed E-state index contributed by atoms with van der Waals surface area (Å²) in [5.41, 5.74) is 4.60. The van der Waals surface area contributed by atoms with Crippen molar-refractivity contribution >= 4 is 23.3 Å². The highest BCUT2D eigenvalue weighted by molar-refractivity contribution is 7.99. The third kappa shape index (κ3) is 5.01. The quantitative estimate of drug-likeness (QED) is 0.663. The van der Waals surface area contributed by atoms with Crippen molar-refractivity contribution in [3.05, 3.63) is 81.4 Å². The number of nitrogens with one attached hydrogen (secondary N) is 1. The van der Waals surface area contributed by atoms with Gasteiger partial charge in [0.1, 0.15) is 5.65 Å². The minimum atomic E-state index is -0.0992. The number of aromatic nitrogens is 2. The van der Waals surface area contributed by atoms with Crippen LogP contribution < -0.4 is 10.9 Å². The molecule has 3 aromatic rings. The van der Waals surface area contributed by atoms with Gasteiger partial charge in [-0.25, -0.2) is 4.98 Å². The SMILES string of the molecule is CCc1ccc([C@@H](C)NC(=O)CSCc2cc(=O)n3cc(C)ccc3n2)cc1. The molecule has 2 heterocycles. The lowest BCUT2D eigenvalue weighted by Gasteiger charge is -2.14. The molecule has 1 atom stereocenters. The molecule has 146 valence electrons. The van der Waals surface area contributed by atoms with Crippen LogP contribution in [0.5, 0.6) is 0 Å². The van der Waals surface area contributed by atoms with E-state index in [1.54, 1.807) is 10.6 Å². The van der Waals surface area contributed by atoms with Crippen molar-refractivity contribution < 1.29 is 4.79 Å². The molecule has 0 aliphatic heterocycles. The van der Waals surface area contributed by atoms with E-state index in [-0.39, 0.29) is 17.5 Å². The lowest BCUT2D eigenvalue weighted by atomic mass is 10.1. The number of hydrogen-bond donors (Lipinski definition) is 1. The second-order valence-electron chi connectivity index (χ2n) is 6.90. The predicted octanol–water partition coefficient (Wildman–Crippen LogP) is 3.68. The predicted molar refractivity (Wildman–Crippen MR) is 115 cm³/mol. The van der Waals surface area contributed by atoms with E-state index >= 15 is 0 Å². The largest absolute Gasteiger partial charge is 0.349 e. The van der Waals surface area contributed by atoms with Crippen LogP contribution in [-0.4, -0.2) is 21.0 Å². The molecule has 0 saturated carbocycles. The van der Waals surface area contributed by atoms with E-state index in [9.17, 15) is 9.59 Å². The van der Waals surface area contributed by atoms with Crippen LogP contribution in [0.4, 0.5) is 0 Å².